The summed E-state index contributed by atoms with van der Waals surface area (Å²) >= 11 is 7.79. The molecule has 1 saturated heterocycles. The lowest BCUT2D eigenvalue weighted by molar-refractivity contribution is -0.160. The summed E-state index contributed by atoms with van der Waals surface area (Å²) in [5.41, 5.74) is 5.77. The smallest absolute Gasteiger partial charge is 0.337 e. The van der Waals surface area contributed by atoms with Gasteiger partial charge in [0.15, 0.2) is 11.9 Å². The van der Waals surface area contributed by atoms with E-state index in [0.29, 0.717) is 10.6 Å². The fourth-order valence-corrected chi connectivity index (χ4v) is 8.28. The first-order valence-corrected chi connectivity index (χ1v) is 17.5. The molecule has 246 valence electrons. The highest BCUT2D eigenvalue weighted by Crippen LogP contribution is 2.44. The van der Waals surface area contributed by atoms with Crippen molar-refractivity contribution in [3.63, 3.8) is 0 Å². The molecule has 1 atom stereocenters. The second-order valence-corrected chi connectivity index (χ2v) is 15.5. The number of halogens is 1. The van der Waals surface area contributed by atoms with Crippen LogP contribution in [0.1, 0.15) is 57.8 Å². The number of benzene rings is 2. The third-order valence-corrected chi connectivity index (χ3v) is 10.8. The van der Waals surface area contributed by atoms with Crippen LogP contribution in [-0.4, -0.2) is 73.5 Å². The molecular formula is C36H41ClN6O3S. The Hall–Kier alpha value is -3.57. The van der Waals surface area contributed by atoms with Crippen LogP contribution in [0.3, 0.4) is 0 Å². The van der Waals surface area contributed by atoms with Crippen LogP contribution in [0.4, 0.5) is 5.82 Å². The van der Waals surface area contributed by atoms with Gasteiger partial charge in [-0.25, -0.2) is 14.8 Å². The highest BCUT2D eigenvalue weighted by molar-refractivity contribution is 7.22. The summed E-state index contributed by atoms with van der Waals surface area (Å²) in [4.78, 5) is 28.0. The van der Waals surface area contributed by atoms with Crippen molar-refractivity contribution < 1.29 is 14.6 Å². The van der Waals surface area contributed by atoms with Gasteiger partial charge in [-0.2, -0.15) is 5.10 Å². The van der Waals surface area contributed by atoms with Crippen LogP contribution in [0.5, 0.6) is 0 Å². The maximum absolute atomic E-state index is 12.7. The molecular weight excluding hydrogens is 632 g/mol. The van der Waals surface area contributed by atoms with Gasteiger partial charge in [-0.05, 0) is 87.9 Å². The Balaban J connectivity index is 1.31. The van der Waals surface area contributed by atoms with Crippen LogP contribution >= 0.6 is 22.9 Å². The van der Waals surface area contributed by atoms with Gasteiger partial charge in [-0.15, -0.1) is 11.3 Å². The fraction of sp³-hybridized carbons (Fsp3) is 0.444. The molecule has 0 unspecified atom stereocenters. The highest BCUT2D eigenvalue weighted by atomic mass is 35.5. The number of carboxylic acids is 1. The van der Waals surface area contributed by atoms with E-state index in [9.17, 15) is 9.90 Å². The number of carbonyl (C=O) groups is 1. The molecule has 4 heterocycles. The summed E-state index contributed by atoms with van der Waals surface area (Å²) < 4.78 is 8.97. The molecule has 7 rings (SSSR count). The molecule has 9 nitrogen and oxygen atoms in total. The Labute approximate surface area is 284 Å². The Bertz CT molecular complexity index is 1970. The number of fused-ring (bicyclic) bond motifs is 2. The van der Waals surface area contributed by atoms with Crippen molar-refractivity contribution in [1.82, 2.24) is 24.6 Å². The number of aryl methyl sites for hydroxylation is 2. The average molecular weight is 673 g/mol. The number of aliphatic carboxylic acids is 1. The third kappa shape index (κ3) is 6.12. The van der Waals surface area contributed by atoms with Crippen LogP contribution in [0, 0.1) is 12.8 Å². The summed E-state index contributed by atoms with van der Waals surface area (Å²) in [5.74, 6) is 0.716. The van der Waals surface area contributed by atoms with Crippen molar-refractivity contribution >= 4 is 56.0 Å². The standard InChI is InChI=1S/C36H41ClN6O3S/c1-20-17-24(18-20)42-13-15-43(16-14-42)33-30-27(41(6)40-33)12-11-25(38-30)34-39-26-19-21(2)28(31(35(44)45)46-36(3,4)5)29(32(26)47-34)22-7-9-23(37)10-8-22/h7-12,19-20,24,31H,13-18H2,1-6H3,(H,44,45)/t20?,24?,31-/m0/s1. The molecule has 3 aromatic heterocycles. The maximum Gasteiger partial charge on any atom is 0.337 e. The van der Waals surface area contributed by atoms with Crippen molar-refractivity contribution in [3.05, 3.63) is 58.6 Å². The predicted molar refractivity (Wildman–Crippen MR) is 189 cm³/mol. The van der Waals surface area contributed by atoms with Crippen LogP contribution < -0.4 is 4.90 Å². The zero-order chi connectivity index (χ0) is 33.2. The number of hydrogen-bond acceptors (Lipinski definition) is 8. The van der Waals surface area contributed by atoms with Crippen molar-refractivity contribution in [2.24, 2.45) is 13.0 Å². The van der Waals surface area contributed by atoms with Gasteiger partial charge in [0.05, 0.1) is 27.0 Å². The zero-order valence-corrected chi connectivity index (χ0v) is 29.3. The Kier molecular flexibility index (Phi) is 8.27. The highest BCUT2D eigenvalue weighted by Gasteiger charge is 2.34. The van der Waals surface area contributed by atoms with Crippen LogP contribution in [0.15, 0.2) is 42.5 Å². The number of piperazine rings is 1. The van der Waals surface area contributed by atoms with E-state index in [1.807, 2.05) is 75.8 Å². The van der Waals surface area contributed by atoms with Crippen LogP contribution in [0.25, 0.3) is 43.1 Å². The summed E-state index contributed by atoms with van der Waals surface area (Å²) in [6.07, 6.45) is 1.44. The Morgan fingerprint density at radius 3 is 2.40 bits per heavy atom. The minimum absolute atomic E-state index is 0.605. The molecule has 1 aliphatic heterocycles. The van der Waals surface area contributed by atoms with Crippen molar-refractivity contribution in [1.29, 1.82) is 0 Å². The molecule has 1 N–H and O–H groups in total. The van der Waals surface area contributed by atoms with E-state index < -0.39 is 17.7 Å². The van der Waals surface area contributed by atoms with Crippen LogP contribution in [-0.2, 0) is 16.6 Å². The number of aromatic nitrogens is 4. The SMILES string of the molecule is Cc1cc2nc(-c3ccc4c(n3)c(N3CCN(C5CC(C)C5)CC3)nn4C)sc2c(-c2ccc(Cl)cc2)c1[C@H](OC(C)(C)C)C(=O)O. The zero-order valence-electron chi connectivity index (χ0n) is 27.7. The number of anilines is 1. The molecule has 5 aromatic rings. The quantitative estimate of drug-likeness (QED) is 0.188. The van der Waals surface area contributed by atoms with Gasteiger partial charge in [0.2, 0.25) is 0 Å². The normalized spacial score (nSPS) is 19.8. The molecule has 0 bridgehead atoms. The summed E-state index contributed by atoms with van der Waals surface area (Å²) in [5, 5.41) is 16.7. The van der Waals surface area contributed by atoms with Crippen molar-refractivity contribution in [2.75, 3.05) is 31.1 Å². The van der Waals surface area contributed by atoms with Gasteiger partial charge in [0.25, 0.3) is 0 Å². The minimum atomic E-state index is -1.17. The molecule has 0 radical (unpaired) electrons. The molecule has 1 saturated carbocycles. The maximum atomic E-state index is 12.7. The van der Waals surface area contributed by atoms with Gasteiger partial charge < -0.3 is 14.7 Å². The van der Waals surface area contributed by atoms with E-state index in [0.717, 1.165) is 92.6 Å². The largest absolute Gasteiger partial charge is 0.479 e. The van der Waals surface area contributed by atoms with Gasteiger partial charge in [-0.1, -0.05) is 30.7 Å². The molecule has 2 fully saturated rings. The summed E-state index contributed by atoms with van der Waals surface area (Å²) in [7, 11) is 1.97. The predicted octanol–water partition coefficient (Wildman–Crippen LogP) is 7.74. The van der Waals surface area contributed by atoms with Crippen LogP contribution in [0.2, 0.25) is 5.02 Å². The first kappa shape index (κ1) is 32.0. The number of thiazole rings is 1. The van der Waals surface area contributed by atoms with E-state index >= 15 is 0 Å². The molecule has 1 aliphatic carbocycles. The third-order valence-electron chi connectivity index (χ3n) is 9.40. The van der Waals surface area contributed by atoms with E-state index in [2.05, 4.69) is 22.8 Å². The van der Waals surface area contributed by atoms with E-state index in [1.54, 1.807) is 0 Å². The lowest BCUT2D eigenvalue weighted by Gasteiger charge is -2.45. The summed E-state index contributed by atoms with van der Waals surface area (Å²) in [6.45, 7) is 13.8. The first-order chi connectivity index (χ1) is 22.4. The lowest BCUT2D eigenvalue weighted by Crippen LogP contribution is -2.54. The number of hydrogen-bond donors (Lipinski definition) is 1. The molecule has 47 heavy (non-hydrogen) atoms. The number of rotatable bonds is 7. The Morgan fingerprint density at radius 2 is 1.77 bits per heavy atom. The lowest BCUT2D eigenvalue weighted by atomic mass is 9.80. The number of nitrogens with zero attached hydrogens (tertiary/aromatic N) is 6. The van der Waals surface area contributed by atoms with Crippen molar-refractivity contribution in [3.8, 4) is 21.8 Å². The number of pyridine rings is 1. The molecule has 2 aromatic carbocycles. The number of ether oxygens (including phenoxy) is 1. The monoisotopic (exact) mass is 672 g/mol. The van der Waals surface area contributed by atoms with Gasteiger partial charge in [-0.3, -0.25) is 9.58 Å². The molecule has 11 heteroatoms. The number of carboxylic acid groups (broad SMARTS) is 1. The Morgan fingerprint density at radius 1 is 1.06 bits per heavy atom. The second-order valence-electron chi connectivity index (χ2n) is 14.1. The average Bonchev–Trinajstić information content (AvgIpc) is 3.58. The van der Waals surface area contributed by atoms with E-state index in [4.69, 9.17) is 31.4 Å². The van der Waals surface area contributed by atoms with Crippen molar-refractivity contribution in [2.45, 2.75) is 65.2 Å². The van der Waals surface area contributed by atoms with Gasteiger partial charge in [0.1, 0.15) is 10.5 Å². The molecule has 0 spiro atoms. The minimum Gasteiger partial charge on any atom is -0.479 e. The second kappa shape index (κ2) is 12.1. The van der Waals surface area contributed by atoms with E-state index in [1.165, 1.54) is 24.2 Å². The van der Waals surface area contributed by atoms with E-state index in [-0.39, 0.29) is 0 Å². The van der Waals surface area contributed by atoms with Gasteiger partial charge >= 0.3 is 5.97 Å². The summed E-state index contributed by atoms with van der Waals surface area (Å²) in [6, 6.07) is 14.2. The fourth-order valence-electron chi connectivity index (χ4n) is 7.06. The molecule has 0 amide bonds. The topological polar surface area (TPSA) is 96.6 Å². The molecule has 2 aliphatic rings. The van der Waals surface area contributed by atoms with Gasteiger partial charge in [0, 0.05) is 55.4 Å². The first-order valence-electron chi connectivity index (χ1n) is 16.3.